The van der Waals surface area contributed by atoms with Crippen LogP contribution in [0.1, 0.15) is 60.3 Å². The molecule has 0 aromatic carbocycles. The van der Waals surface area contributed by atoms with Crippen LogP contribution in [0.3, 0.4) is 0 Å². The fraction of sp³-hybridized carbons (Fsp3) is 0.941. The lowest BCUT2D eigenvalue weighted by Crippen LogP contribution is -2.62. The van der Waals surface area contributed by atoms with Crippen molar-refractivity contribution in [2.45, 2.75) is 83.5 Å². The van der Waals surface area contributed by atoms with E-state index in [4.69, 9.17) is 12.2 Å². The van der Waals surface area contributed by atoms with Gasteiger partial charge in [-0.15, -0.1) is 0 Å². The molecule has 1 atom stereocenters. The van der Waals surface area contributed by atoms with Gasteiger partial charge in [0, 0.05) is 29.7 Å². The molecule has 1 unspecified atom stereocenters. The standard InChI is InChI=1S/C17H34N4S/c1-6-21-9-7-8-14(21)12-18-15(22)19-13-10-16(2,3)20-17(4,5)11-13/h13-14,20H,6-12H2,1-5H3,(H2,18,19,22). The summed E-state index contributed by atoms with van der Waals surface area (Å²) in [5, 5.41) is 11.5. The lowest BCUT2D eigenvalue weighted by Gasteiger charge is -2.46. The Morgan fingerprint density at radius 1 is 1.23 bits per heavy atom. The fourth-order valence-corrected chi connectivity index (χ4v) is 4.66. The number of hydrogen-bond acceptors (Lipinski definition) is 3. The second kappa shape index (κ2) is 7.02. The van der Waals surface area contributed by atoms with Crippen molar-refractivity contribution in [3.05, 3.63) is 0 Å². The zero-order chi connectivity index (χ0) is 16.4. The summed E-state index contributed by atoms with van der Waals surface area (Å²) in [4.78, 5) is 2.55. The van der Waals surface area contributed by atoms with Crippen LogP contribution in [-0.2, 0) is 0 Å². The molecule has 0 radical (unpaired) electrons. The predicted molar refractivity (Wildman–Crippen MR) is 98.3 cm³/mol. The van der Waals surface area contributed by atoms with Gasteiger partial charge in [-0.2, -0.15) is 0 Å². The van der Waals surface area contributed by atoms with Crippen LogP contribution in [0, 0.1) is 0 Å². The number of nitrogens with zero attached hydrogens (tertiary/aromatic N) is 1. The summed E-state index contributed by atoms with van der Waals surface area (Å²) >= 11 is 5.53. The van der Waals surface area contributed by atoms with Crippen LogP contribution in [-0.4, -0.2) is 52.8 Å². The first-order chi connectivity index (χ1) is 10.2. The minimum Gasteiger partial charge on any atom is -0.361 e. The monoisotopic (exact) mass is 326 g/mol. The molecule has 4 nitrogen and oxygen atoms in total. The van der Waals surface area contributed by atoms with E-state index in [-0.39, 0.29) is 11.1 Å². The summed E-state index contributed by atoms with van der Waals surface area (Å²) in [6.07, 6.45) is 4.81. The SMILES string of the molecule is CCN1CCCC1CNC(=S)NC1CC(C)(C)NC(C)(C)C1. The molecule has 0 saturated carbocycles. The van der Waals surface area contributed by atoms with E-state index in [1.807, 2.05) is 0 Å². The Morgan fingerprint density at radius 3 is 2.45 bits per heavy atom. The van der Waals surface area contributed by atoms with E-state index in [0.29, 0.717) is 12.1 Å². The first-order valence-corrected chi connectivity index (χ1v) is 9.19. The molecule has 0 bridgehead atoms. The molecule has 2 aliphatic heterocycles. The molecule has 0 amide bonds. The Hall–Kier alpha value is -0.390. The van der Waals surface area contributed by atoms with Crippen LogP contribution in [0.5, 0.6) is 0 Å². The molecule has 2 heterocycles. The van der Waals surface area contributed by atoms with Crippen molar-refractivity contribution in [3.63, 3.8) is 0 Å². The zero-order valence-corrected chi connectivity index (χ0v) is 15.8. The molecule has 22 heavy (non-hydrogen) atoms. The van der Waals surface area contributed by atoms with Gasteiger partial charge in [0.05, 0.1) is 0 Å². The van der Waals surface area contributed by atoms with Crippen LogP contribution in [0.2, 0.25) is 0 Å². The number of rotatable bonds is 4. The number of hydrogen-bond donors (Lipinski definition) is 3. The Balaban J connectivity index is 1.79. The Labute approximate surface area is 141 Å². The first kappa shape index (κ1) is 18.0. The Kier molecular flexibility index (Phi) is 5.73. The third kappa shape index (κ3) is 5.07. The highest BCUT2D eigenvalue weighted by atomic mass is 32.1. The van der Waals surface area contributed by atoms with E-state index in [2.05, 4.69) is 55.5 Å². The smallest absolute Gasteiger partial charge is 0.166 e. The summed E-state index contributed by atoms with van der Waals surface area (Å²) in [5.41, 5.74) is 0.305. The van der Waals surface area contributed by atoms with Gasteiger partial charge in [-0.25, -0.2) is 0 Å². The second-order valence-corrected chi connectivity index (χ2v) is 8.69. The highest BCUT2D eigenvalue weighted by Crippen LogP contribution is 2.28. The maximum Gasteiger partial charge on any atom is 0.166 e. The number of thiocarbonyl (C=S) groups is 1. The van der Waals surface area contributed by atoms with Gasteiger partial charge in [0.2, 0.25) is 0 Å². The van der Waals surface area contributed by atoms with Crippen LogP contribution >= 0.6 is 12.2 Å². The van der Waals surface area contributed by atoms with Gasteiger partial charge in [0.25, 0.3) is 0 Å². The molecule has 2 fully saturated rings. The van der Waals surface area contributed by atoms with E-state index in [0.717, 1.165) is 31.0 Å². The highest BCUT2D eigenvalue weighted by molar-refractivity contribution is 7.80. The van der Waals surface area contributed by atoms with Crippen LogP contribution in [0.25, 0.3) is 0 Å². The normalized spacial score (nSPS) is 28.5. The molecule has 2 rings (SSSR count). The van der Waals surface area contributed by atoms with Gasteiger partial charge in [-0.1, -0.05) is 6.92 Å². The maximum absolute atomic E-state index is 5.53. The third-order valence-corrected chi connectivity index (χ3v) is 5.19. The van der Waals surface area contributed by atoms with Crippen molar-refractivity contribution in [2.75, 3.05) is 19.6 Å². The van der Waals surface area contributed by atoms with E-state index >= 15 is 0 Å². The molecule has 0 aromatic heterocycles. The van der Waals surface area contributed by atoms with E-state index < -0.39 is 0 Å². The van der Waals surface area contributed by atoms with Crippen molar-refractivity contribution >= 4 is 17.3 Å². The number of piperidine rings is 1. The molecule has 3 N–H and O–H groups in total. The topological polar surface area (TPSA) is 39.3 Å². The summed E-state index contributed by atoms with van der Waals surface area (Å²) in [6.45, 7) is 14.7. The Bertz CT molecular complexity index is 378. The van der Waals surface area contributed by atoms with Crippen LogP contribution < -0.4 is 16.0 Å². The number of likely N-dealkylation sites (tertiary alicyclic amines) is 1. The van der Waals surface area contributed by atoms with Crippen molar-refractivity contribution in [1.82, 2.24) is 20.9 Å². The summed E-state index contributed by atoms with van der Waals surface area (Å²) in [7, 11) is 0. The molecule has 0 aromatic rings. The average Bonchev–Trinajstić information content (AvgIpc) is 2.79. The largest absolute Gasteiger partial charge is 0.361 e. The number of likely N-dealkylation sites (N-methyl/N-ethyl adjacent to an activating group) is 1. The quantitative estimate of drug-likeness (QED) is 0.691. The second-order valence-electron chi connectivity index (χ2n) is 8.28. The summed E-state index contributed by atoms with van der Waals surface area (Å²) < 4.78 is 0. The van der Waals surface area contributed by atoms with Crippen LogP contribution in [0.15, 0.2) is 0 Å². The fourth-order valence-electron chi connectivity index (χ4n) is 4.41. The zero-order valence-electron chi connectivity index (χ0n) is 15.0. The predicted octanol–water partition coefficient (Wildman–Crippen LogP) is 2.24. The van der Waals surface area contributed by atoms with Gasteiger partial charge in [-0.3, -0.25) is 4.90 Å². The van der Waals surface area contributed by atoms with E-state index in [9.17, 15) is 0 Å². The lowest BCUT2D eigenvalue weighted by molar-refractivity contribution is 0.155. The molecule has 0 aliphatic carbocycles. The molecule has 5 heteroatoms. The summed E-state index contributed by atoms with van der Waals surface area (Å²) in [5.74, 6) is 0. The van der Waals surface area contributed by atoms with E-state index in [1.54, 1.807) is 0 Å². The van der Waals surface area contributed by atoms with Gasteiger partial charge >= 0.3 is 0 Å². The molecular weight excluding hydrogens is 292 g/mol. The molecule has 2 saturated heterocycles. The number of nitrogens with one attached hydrogen (secondary N) is 3. The molecule has 0 spiro atoms. The summed E-state index contributed by atoms with van der Waals surface area (Å²) in [6, 6.07) is 1.09. The maximum atomic E-state index is 5.53. The van der Waals surface area contributed by atoms with Gasteiger partial charge in [0.1, 0.15) is 0 Å². The lowest BCUT2D eigenvalue weighted by atomic mass is 9.80. The highest BCUT2D eigenvalue weighted by Gasteiger charge is 2.37. The van der Waals surface area contributed by atoms with Crippen LogP contribution in [0.4, 0.5) is 0 Å². The molecular formula is C17H34N4S. The van der Waals surface area contributed by atoms with Gasteiger partial charge in [-0.05, 0) is 78.7 Å². The van der Waals surface area contributed by atoms with Crippen molar-refractivity contribution < 1.29 is 0 Å². The Morgan fingerprint density at radius 2 is 1.86 bits per heavy atom. The van der Waals surface area contributed by atoms with Crippen molar-refractivity contribution in [3.8, 4) is 0 Å². The average molecular weight is 327 g/mol. The van der Waals surface area contributed by atoms with E-state index in [1.165, 1.54) is 19.4 Å². The van der Waals surface area contributed by atoms with Crippen molar-refractivity contribution in [1.29, 1.82) is 0 Å². The third-order valence-electron chi connectivity index (χ3n) is 4.93. The minimum atomic E-state index is 0.152. The van der Waals surface area contributed by atoms with Gasteiger partial charge in [0.15, 0.2) is 5.11 Å². The minimum absolute atomic E-state index is 0.152. The van der Waals surface area contributed by atoms with Gasteiger partial charge < -0.3 is 16.0 Å². The van der Waals surface area contributed by atoms with Crippen molar-refractivity contribution in [2.24, 2.45) is 0 Å². The molecule has 128 valence electrons. The molecule has 2 aliphatic rings. The first-order valence-electron chi connectivity index (χ1n) is 8.78.